The van der Waals surface area contributed by atoms with Crippen LogP contribution in [0.1, 0.15) is 28.9 Å². The Hall–Kier alpha value is -4.62. The van der Waals surface area contributed by atoms with E-state index in [1.165, 1.54) is 18.3 Å². The van der Waals surface area contributed by atoms with Crippen molar-refractivity contribution in [2.24, 2.45) is 0 Å². The van der Waals surface area contributed by atoms with Crippen molar-refractivity contribution in [3.05, 3.63) is 41.5 Å². The molecule has 0 saturated heterocycles. The van der Waals surface area contributed by atoms with Crippen molar-refractivity contribution in [2.45, 2.75) is 25.4 Å². The Bertz CT molecular complexity index is 1240. The van der Waals surface area contributed by atoms with Crippen LogP contribution in [0.3, 0.4) is 0 Å². The van der Waals surface area contributed by atoms with Crippen LogP contribution in [0.5, 0.6) is 0 Å². The summed E-state index contributed by atoms with van der Waals surface area (Å²) in [5.41, 5.74) is 12.1. The maximum Gasteiger partial charge on any atom is 0.326 e. The van der Waals surface area contributed by atoms with Crippen LogP contribution < -0.4 is 22.1 Å². The van der Waals surface area contributed by atoms with Gasteiger partial charge in [0.05, 0.1) is 24.1 Å². The largest absolute Gasteiger partial charge is 0.481 e. The van der Waals surface area contributed by atoms with Crippen LogP contribution in [0.4, 0.5) is 21.8 Å². The highest BCUT2D eigenvalue weighted by molar-refractivity contribution is 5.97. The molecule has 0 aliphatic carbocycles. The van der Waals surface area contributed by atoms with E-state index in [4.69, 9.17) is 21.7 Å². The van der Waals surface area contributed by atoms with E-state index in [2.05, 4.69) is 30.6 Å². The lowest BCUT2D eigenvalue weighted by atomic mass is 10.1. The molecule has 2 aromatic heterocycles. The number of nitrogen functional groups attached to an aromatic ring is 2. The molecule has 3 rings (SSSR count). The second-order valence-corrected chi connectivity index (χ2v) is 6.85. The van der Waals surface area contributed by atoms with Crippen LogP contribution >= 0.6 is 0 Å². The molecule has 8 N–H and O–H groups in total. The SMILES string of the molecule is Nc1nc(N)c2nc(CNc3ccc(C(=O)N[C@@H](CCC(=O)O)C(=O)O)cc3F)cnc2n1. The number of nitrogens with zero attached hydrogens (tertiary/aromatic N) is 4. The molecule has 0 bridgehead atoms. The highest BCUT2D eigenvalue weighted by Gasteiger charge is 2.22. The highest BCUT2D eigenvalue weighted by atomic mass is 19.1. The number of aromatic nitrogens is 4. The first-order valence-electron chi connectivity index (χ1n) is 9.47. The third-order valence-corrected chi connectivity index (χ3v) is 4.44. The zero-order valence-corrected chi connectivity index (χ0v) is 16.9. The molecule has 0 fully saturated rings. The summed E-state index contributed by atoms with van der Waals surface area (Å²) < 4.78 is 14.5. The van der Waals surface area contributed by atoms with E-state index in [1.54, 1.807) is 0 Å². The number of rotatable bonds is 9. The van der Waals surface area contributed by atoms with Crippen molar-refractivity contribution in [1.82, 2.24) is 25.3 Å². The summed E-state index contributed by atoms with van der Waals surface area (Å²) in [6.45, 7) is 0.0610. The molecule has 1 aromatic carbocycles. The first-order chi connectivity index (χ1) is 15.6. The number of hydrogen-bond acceptors (Lipinski definition) is 10. The minimum Gasteiger partial charge on any atom is -0.481 e. The normalized spacial score (nSPS) is 11.7. The van der Waals surface area contributed by atoms with Gasteiger partial charge in [-0.05, 0) is 24.6 Å². The molecule has 0 unspecified atom stereocenters. The van der Waals surface area contributed by atoms with Crippen molar-refractivity contribution in [1.29, 1.82) is 0 Å². The van der Waals surface area contributed by atoms with E-state index in [0.29, 0.717) is 5.69 Å². The Labute approximate surface area is 185 Å². The van der Waals surface area contributed by atoms with E-state index >= 15 is 0 Å². The summed E-state index contributed by atoms with van der Waals surface area (Å²) in [4.78, 5) is 50.2. The summed E-state index contributed by atoms with van der Waals surface area (Å²) in [7, 11) is 0. The molecule has 0 aliphatic heterocycles. The summed E-state index contributed by atoms with van der Waals surface area (Å²) >= 11 is 0. The Morgan fingerprint density at radius 1 is 1.12 bits per heavy atom. The van der Waals surface area contributed by atoms with Gasteiger partial charge in [0, 0.05) is 12.0 Å². The van der Waals surface area contributed by atoms with Crippen molar-refractivity contribution < 1.29 is 29.0 Å². The summed E-state index contributed by atoms with van der Waals surface area (Å²) in [5.74, 6) is -4.21. The quantitative estimate of drug-likeness (QED) is 0.256. The van der Waals surface area contributed by atoms with Crippen LogP contribution in [-0.2, 0) is 16.1 Å². The maximum atomic E-state index is 14.5. The fourth-order valence-corrected chi connectivity index (χ4v) is 2.82. The molecule has 0 aliphatic rings. The summed E-state index contributed by atoms with van der Waals surface area (Å²) in [6.07, 6.45) is 0.648. The van der Waals surface area contributed by atoms with Crippen LogP contribution in [-0.4, -0.2) is 54.0 Å². The minimum absolute atomic E-state index is 0.0390. The lowest BCUT2D eigenvalue weighted by Gasteiger charge is -2.14. The molecule has 33 heavy (non-hydrogen) atoms. The molecule has 13 nitrogen and oxygen atoms in total. The Kier molecular flexibility index (Phi) is 6.76. The number of halogens is 1. The first-order valence-corrected chi connectivity index (χ1v) is 9.47. The number of amides is 1. The number of nitrogens with one attached hydrogen (secondary N) is 2. The number of carbonyl (C=O) groups excluding carboxylic acids is 1. The van der Waals surface area contributed by atoms with E-state index in [9.17, 15) is 18.8 Å². The second-order valence-electron chi connectivity index (χ2n) is 6.85. The minimum atomic E-state index is -1.42. The molecule has 2 heterocycles. The highest BCUT2D eigenvalue weighted by Crippen LogP contribution is 2.18. The predicted molar refractivity (Wildman–Crippen MR) is 113 cm³/mol. The van der Waals surface area contributed by atoms with Gasteiger partial charge in [0.1, 0.15) is 11.9 Å². The standard InChI is InChI=1S/C19H19FN8O5/c20-10-5-8(17(31)26-12(18(32)33)3-4-13(29)30)1-2-11(10)23-6-9-7-24-16-14(25-9)15(21)27-19(22)28-16/h1-2,5,7,12,23H,3-4,6H2,(H,26,31)(H,29,30)(H,32,33)(H4,21,22,24,27,28)/t12-/m0/s1. The van der Waals surface area contributed by atoms with Crippen molar-refractivity contribution in [3.8, 4) is 0 Å². The smallest absolute Gasteiger partial charge is 0.326 e. The Morgan fingerprint density at radius 3 is 2.55 bits per heavy atom. The number of benzene rings is 1. The van der Waals surface area contributed by atoms with Crippen LogP contribution in [0.2, 0.25) is 0 Å². The Balaban J connectivity index is 1.68. The molecular weight excluding hydrogens is 439 g/mol. The van der Waals surface area contributed by atoms with Crippen LogP contribution in [0.15, 0.2) is 24.4 Å². The zero-order valence-electron chi connectivity index (χ0n) is 16.9. The van der Waals surface area contributed by atoms with Gasteiger partial charge in [-0.15, -0.1) is 0 Å². The van der Waals surface area contributed by atoms with Crippen LogP contribution in [0.25, 0.3) is 11.2 Å². The predicted octanol–water partition coefficient (Wildman–Crippen LogP) is 0.383. The molecule has 0 saturated carbocycles. The van der Waals surface area contributed by atoms with Crippen molar-refractivity contribution in [3.63, 3.8) is 0 Å². The second kappa shape index (κ2) is 9.67. The number of aliphatic carboxylic acids is 2. The number of fused-ring (bicyclic) bond motifs is 1. The number of carboxylic acid groups (broad SMARTS) is 2. The van der Waals surface area contributed by atoms with E-state index in [1.807, 2.05) is 0 Å². The van der Waals surface area contributed by atoms with Gasteiger partial charge in [-0.3, -0.25) is 9.59 Å². The molecule has 14 heteroatoms. The van der Waals surface area contributed by atoms with Gasteiger partial charge in [0.25, 0.3) is 5.91 Å². The number of carboxylic acids is 2. The lowest BCUT2D eigenvalue weighted by molar-refractivity contribution is -0.140. The van der Waals surface area contributed by atoms with Gasteiger partial charge in [-0.25, -0.2) is 19.2 Å². The average Bonchev–Trinajstić information content (AvgIpc) is 2.75. The number of hydrogen-bond donors (Lipinski definition) is 6. The lowest BCUT2D eigenvalue weighted by Crippen LogP contribution is -2.41. The summed E-state index contributed by atoms with van der Waals surface area (Å²) in [5, 5.41) is 22.8. The topological polar surface area (TPSA) is 219 Å². The zero-order chi connectivity index (χ0) is 24.1. The van der Waals surface area contributed by atoms with E-state index in [0.717, 1.165) is 6.07 Å². The molecule has 1 atom stereocenters. The van der Waals surface area contributed by atoms with Gasteiger partial charge in [0.15, 0.2) is 17.0 Å². The first kappa shape index (κ1) is 23.1. The molecule has 172 valence electrons. The fraction of sp³-hybridized carbons (Fsp3) is 0.211. The Morgan fingerprint density at radius 2 is 1.88 bits per heavy atom. The van der Waals surface area contributed by atoms with E-state index in [-0.39, 0.29) is 47.1 Å². The third kappa shape index (κ3) is 5.75. The van der Waals surface area contributed by atoms with Crippen molar-refractivity contribution in [2.75, 3.05) is 16.8 Å². The number of anilines is 3. The number of carbonyl (C=O) groups is 3. The monoisotopic (exact) mass is 458 g/mol. The van der Waals surface area contributed by atoms with Gasteiger partial charge in [-0.2, -0.15) is 9.97 Å². The summed E-state index contributed by atoms with van der Waals surface area (Å²) in [6, 6.07) is 2.09. The molecule has 0 spiro atoms. The fourth-order valence-electron chi connectivity index (χ4n) is 2.82. The average molecular weight is 458 g/mol. The van der Waals surface area contributed by atoms with Gasteiger partial charge < -0.3 is 32.3 Å². The number of nitrogens with two attached hydrogens (primary N) is 2. The van der Waals surface area contributed by atoms with Crippen molar-refractivity contribution >= 4 is 46.5 Å². The molecule has 3 aromatic rings. The maximum absolute atomic E-state index is 14.5. The molecular formula is C19H19FN8O5. The van der Waals surface area contributed by atoms with E-state index < -0.39 is 36.1 Å². The van der Waals surface area contributed by atoms with Gasteiger partial charge in [0.2, 0.25) is 5.95 Å². The van der Waals surface area contributed by atoms with Gasteiger partial charge >= 0.3 is 11.9 Å². The molecule has 1 amide bonds. The molecule has 0 radical (unpaired) electrons. The van der Waals surface area contributed by atoms with Crippen LogP contribution in [0, 0.1) is 5.82 Å². The van der Waals surface area contributed by atoms with Gasteiger partial charge in [-0.1, -0.05) is 0 Å². The third-order valence-electron chi connectivity index (χ3n) is 4.44.